The fourth-order valence-corrected chi connectivity index (χ4v) is 3.78. The number of aryl methyl sites for hydroxylation is 3. The second-order valence-corrected chi connectivity index (χ2v) is 7.68. The third kappa shape index (κ3) is 3.98. The van der Waals surface area contributed by atoms with Crippen LogP contribution in [0.25, 0.3) is 0 Å². The summed E-state index contributed by atoms with van der Waals surface area (Å²) in [5.41, 5.74) is 7.07. The SMILES string of the molecule is Cc1cc(C)nc(N2CCN(C(=O)C3=CCC(=O)N(c4ccccc4C)N3)CC2)n1. The standard InChI is InChI=1S/C22H26N6O2/c1-15-6-4-5-7-19(15)28-20(29)9-8-18(25-28)21(30)26-10-12-27(13-11-26)22-23-16(2)14-17(3)24-22/h4-8,14,25H,9-13H2,1-3H3. The summed E-state index contributed by atoms with van der Waals surface area (Å²) in [5.74, 6) is 0.533. The highest BCUT2D eigenvalue weighted by atomic mass is 16.2. The number of hydrogen-bond donors (Lipinski definition) is 1. The summed E-state index contributed by atoms with van der Waals surface area (Å²) < 4.78 is 0. The van der Waals surface area contributed by atoms with Gasteiger partial charge in [0.25, 0.3) is 5.91 Å². The van der Waals surface area contributed by atoms with Crippen LogP contribution < -0.4 is 15.3 Å². The minimum atomic E-state index is -0.0953. The van der Waals surface area contributed by atoms with E-state index >= 15 is 0 Å². The first-order valence-electron chi connectivity index (χ1n) is 10.1. The monoisotopic (exact) mass is 406 g/mol. The summed E-state index contributed by atoms with van der Waals surface area (Å²) in [4.78, 5) is 38.5. The number of anilines is 2. The topological polar surface area (TPSA) is 81.7 Å². The van der Waals surface area contributed by atoms with Crippen molar-refractivity contribution in [3.05, 3.63) is 59.1 Å². The van der Waals surface area contributed by atoms with Gasteiger partial charge in [-0.15, -0.1) is 0 Å². The Morgan fingerprint density at radius 1 is 1.00 bits per heavy atom. The molecule has 1 fully saturated rings. The predicted octanol–water partition coefficient (Wildman–Crippen LogP) is 1.88. The van der Waals surface area contributed by atoms with E-state index < -0.39 is 0 Å². The Balaban J connectivity index is 1.43. The van der Waals surface area contributed by atoms with E-state index in [0.717, 1.165) is 22.6 Å². The van der Waals surface area contributed by atoms with Crippen LogP contribution >= 0.6 is 0 Å². The van der Waals surface area contributed by atoms with Gasteiger partial charge in [0.15, 0.2) is 0 Å². The van der Waals surface area contributed by atoms with Gasteiger partial charge in [-0.3, -0.25) is 15.0 Å². The highest BCUT2D eigenvalue weighted by Crippen LogP contribution is 2.22. The van der Waals surface area contributed by atoms with Crippen molar-refractivity contribution in [2.45, 2.75) is 27.2 Å². The minimum Gasteiger partial charge on any atom is -0.337 e. The molecule has 156 valence electrons. The minimum absolute atomic E-state index is 0.0855. The van der Waals surface area contributed by atoms with E-state index in [0.29, 0.717) is 37.8 Å². The molecule has 0 saturated carbocycles. The Labute approximate surface area is 176 Å². The second kappa shape index (κ2) is 8.14. The molecule has 1 aromatic heterocycles. The fourth-order valence-electron chi connectivity index (χ4n) is 3.78. The quantitative estimate of drug-likeness (QED) is 0.838. The van der Waals surface area contributed by atoms with Crippen LogP contribution in [0.1, 0.15) is 23.4 Å². The van der Waals surface area contributed by atoms with E-state index in [4.69, 9.17) is 0 Å². The molecule has 0 radical (unpaired) electrons. The van der Waals surface area contributed by atoms with Gasteiger partial charge in [-0.25, -0.2) is 15.0 Å². The first kappa shape index (κ1) is 19.9. The average molecular weight is 406 g/mol. The van der Waals surface area contributed by atoms with Crippen LogP contribution in [0.4, 0.5) is 11.6 Å². The van der Waals surface area contributed by atoms with Gasteiger partial charge in [-0.1, -0.05) is 18.2 Å². The molecule has 0 spiro atoms. The molecule has 1 N–H and O–H groups in total. The van der Waals surface area contributed by atoms with Crippen LogP contribution in [0.3, 0.4) is 0 Å². The molecule has 0 atom stereocenters. The molecular weight excluding hydrogens is 380 g/mol. The van der Waals surface area contributed by atoms with E-state index in [-0.39, 0.29) is 18.2 Å². The zero-order chi connectivity index (χ0) is 21.3. The molecule has 0 bridgehead atoms. The molecule has 2 aliphatic rings. The van der Waals surface area contributed by atoms with Crippen molar-refractivity contribution in [2.24, 2.45) is 0 Å². The molecule has 0 unspecified atom stereocenters. The molecule has 1 aromatic carbocycles. The number of carbonyl (C=O) groups excluding carboxylic acids is 2. The van der Waals surface area contributed by atoms with Gasteiger partial charge in [-0.2, -0.15) is 0 Å². The Bertz CT molecular complexity index is 990. The maximum absolute atomic E-state index is 13.1. The molecule has 0 aliphatic carbocycles. The Morgan fingerprint density at radius 3 is 2.33 bits per heavy atom. The summed E-state index contributed by atoms with van der Waals surface area (Å²) in [6, 6.07) is 9.57. The van der Waals surface area contributed by atoms with Crippen LogP contribution in [0.2, 0.25) is 0 Å². The average Bonchev–Trinajstić information content (AvgIpc) is 2.74. The number of hydrogen-bond acceptors (Lipinski definition) is 6. The van der Waals surface area contributed by atoms with Gasteiger partial charge in [0.2, 0.25) is 11.9 Å². The molecule has 4 rings (SSSR count). The van der Waals surface area contributed by atoms with Crippen molar-refractivity contribution in [2.75, 3.05) is 36.1 Å². The number of carbonyl (C=O) groups is 2. The van der Waals surface area contributed by atoms with Crippen molar-refractivity contribution in [1.29, 1.82) is 0 Å². The van der Waals surface area contributed by atoms with Gasteiger partial charge in [-0.05, 0) is 44.5 Å². The highest BCUT2D eigenvalue weighted by Gasteiger charge is 2.29. The molecule has 2 aromatic rings. The number of benzene rings is 1. The number of nitrogens with one attached hydrogen (secondary N) is 1. The van der Waals surface area contributed by atoms with E-state index in [1.165, 1.54) is 5.01 Å². The number of piperazine rings is 1. The second-order valence-electron chi connectivity index (χ2n) is 7.68. The number of rotatable bonds is 3. The maximum atomic E-state index is 13.1. The van der Waals surface area contributed by atoms with Crippen molar-refractivity contribution < 1.29 is 9.59 Å². The summed E-state index contributed by atoms with van der Waals surface area (Å²) in [6.45, 7) is 8.35. The van der Waals surface area contributed by atoms with Gasteiger partial charge >= 0.3 is 0 Å². The lowest BCUT2D eigenvalue weighted by molar-refractivity contribution is -0.128. The maximum Gasteiger partial charge on any atom is 0.271 e. The largest absolute Gasteiger partial charge is 0.337 e. The molecule has 8 nitrogen and oxygen atoms in total. The van der Waals surface area contributed by atoms with Crippen molar-refractivity contribution in [3.63, 3.8) is 0 Å². The lowest BCUT2D eigenvalue weighted by atomic mass is 10.1. The number of amides is 2. The summed E-state index contributed by atoms with van der Waals surface area (Å²) in [7, 11) is 0. The predicted molar refractivity (Wildman–Crippen MR) is 115 cm³/mol. The van der Waals surface area contributed by atoms with Crippen molar-refractivity contribution in [1.82, 2.24) is 20.3 Å². The van der Waals surface area contributed by atoms with E-state index in [1.807, 2.05) is 56.0 Å². The van der Waals surface area contributed by atoms with Gasteiger partial charge in [0.1, 0.15) is 5.70 Å². The number of nitrogens with zero attached hydrogens (tertiary/aromatic N) is 5. The van der Waals surface area contributed by atoms with Crippen LogP contribution in [0.5, 0.6) is 0 Å². The van der Waals surface area contributed by atoms with Crippen LogP contribution in [-0.4, -0.2) is 52.9 Å². The zero-order valence-electron chi connectivity index (χ0n) is 17.6. The number of aromatic nitrogens is 2. The lowest BCUT2D eigenvalue weighted by Gasteiger charge is -2.37. The van der Waals surface area contributed by atoms with E-state index in [1.54, 1.807) is 6.08 Å². The third-order valence-electron chi connectivity index (χ3n) is 5.37. The Hall–Kier alpha value is -3.42. The Morgan fingerprint density at radius 2 is 1.67 bits per heavy atom. The van der Waals surface area contributed by atoms with Gasteiger partial charge in [0, 0.05) is 44.0 Å². The molecule has 8 heteroatoms. The lowest BCUT2D eigenvalue weighted by Crippen LogP contribution is -2.54. The molecule has 2 aliphatic heterocycles. The molecule has 2 amide bonds. The molecule has 30 heavy (non-hydrogen) atoms. The summed E-state index contributed by atoms with van der Waals surface area (Å²) >= 11 is 0. The van der Waals surface area contributed by atoms with Crippen LogP contribution in [0.15, 0.2) is 42.1 Å². The van der Waals surface area contributed by atoms with E-state index in [2.05, 4.69) is 20.3 Å². The van der Waals surface area contributed by atoms with Crippen molar-refractivity contribution >= 4 is 23.5 Å². The molecule has 1 saturated heterocycles. The highest BCUT2D eigenvalue weighted by molar-refractivity contribution is 6.01. The zero-order valence-corrected chi connectivity index (χ0v) is 17.6. The normalized spacial score (nSPS) is 17.0. The molecular formula is C22H26N6O2. The van der Waals surface area contributed by atoms with Crippen molar-refractivity contribution in [3.8, 4) is 0 Å². The molecule has 3 heterocycles. The van der Waals surface area contributed by atoms with E-state index in [9.17, 15) is 9.59 Å². The fraction of sp³-hybridized carbons (Fsp3) is 0.364. The summed E-state index contributed by atoms with van der Waals surface area (Å²) in [5, 5.41) is 1.47. The Kier molecular flexibility index (Phi) is 5.39. The first-order chi connectivity index (χ1) is 14.4. The smallest absolute Gasteiger partial charge is 0.271 e. The first-order valence-corrected chi connectivity index (χ1v) is 10.1. The number of para-hydroxylation sites is 1. The third-order valence-corrected chi connectivity index (χ3v) is 5.37. The van der Waals surface area contributed by atoms with Gasteiger partial charge in [0.05, 0.1) is 5.69 Å². The van der Waals surface area contributed by atoms with Crippen LogP contribution in [-0.2, 0) is 9.59 Å². The summed E-state index contributed by atoms with van der Waals surface area (Å²) in [6.07, 6.45) is 1.87. The van der Waals surface area contributed by atoms with Gasteiger partial charge < -0.3 is 9.80 Å². The number of hydrazine groups is 1. The van der Waals surface area contributed by atoms with Crippen LogP contribution in [0, 0.1) is 20.8 Å².